The Labute approximate surface area is 169 Å². The van der Waals surface area contributed by atoms with E-state index in [1.807, 2.05) is 30.3 Å². The van der Waals surface area contributed by atoms with E-state index in [1.54, 1.807) is 14.2 Å². The van der Waals surface area contributed by atoms with E-state index < -0.39 is 10.2 Å². The minimum atomic E-state index is -4.94. The van der Waals surface area contributed by atoms with Crippen molar-refractivity contribution in [3.63, 3.8) is 0 Å². The number of halogens is 2. The Bertz CT molecular complexity index is 982. The summed E-state index contributed by atoms with van der Waals surface area (Å²) in [4.78, 5) is 0. The standard InChI is InChI=1S/C19H19ClNO2.ClHO4/c1-12-8-14-10-17(22-3)18(23-4)11-16(14)19(21(12)2)13-6-5-7-15(20)9-13;2-1(3,4)5/h5-11H,1-4H3;(H,2,3,4,5)/q+1;/p-1. The van der Waals surface area contributed by atoms with Gasteiger partial charge in [-0.25, -0.2) is 18.6 Å². The van der Waals surface area contributed by atoms with E-state index in [9.17, 15) is 0 Å². The zero-order chi connectivity index (χ0) is 21.1. The molecular weight excluding hydrogens is 409 g/mol. The third-order valence-corrected chi connectivity index (χ3v) is 4.37. The molecular formula is C19H19Cl2NO6. The number of aromatic nitrogens is 1. The highest BCUT2D eigenvalue weighted by Crippen LogP contribution is 2.36. The molecule has 0 unspecified atom stereocenters. The van der Waals surface area contributed by atoms with Gasteiger partial charge in [0.25, 0.3) is 0 Å². The first-order valence-electron chi connectivity index (χ1n) is 7.98. The molecule has 150 valence electrons. The van der Waals surface area contributed by atoms with Crippen molar-refractivity contribution in [1.82, 2.24) is 0 Å². The van der Waals surface area contributed by atoms with E-state index in [2.05, 4.69) is 30.7 Å². The van der Waals surface area contributed by atoms with Gasteiger partial charge in [0.15, 0.2) is 17.2 Å². The molecule has 0 radical (unpaired) electrons. The number of aryl methyl sites for hydroxylation is 1. The van der Waals surface area contributed by atoms with E-state index in [1.165, 1.54) is 0 Å². The van der Waals surface area contributed by atoms with Gasteiger partial charge in [0, 0.05) is 23.6 Å². The van der Waals surface area contributed by atoms with Gasteiger partial charge in [-0.3, -0.25) is 0 Å². The summed E-state index contributed by atoms with van der Waals surface area (Å²) in [6.45, 7) is 2.09. The van der Waals surface area contributed by atoms with Gasteiger partial charge >= 0.3 is 0 Å². The number of ether oxygens (including phenoxy) is 2. The van der Waals surface area contributed by atoms with Crippen LogP contribution in [0.4, 0.5) is 0 Å². The molecule has 1 aromatic heterocycles. The highest BCUT2D eigenvalue weighted by molar-refractivity contribution is 6.30. The SMILES string of the molecule is COc1cc2cc(C)[n+](C)c(-c3cccc(Cl)c3)c2cc1OC.[O-][Cl+3]([O-])([O-])[O-]. The van der Waals surface area contributed by atoms with Crippen molar-refractivity contribution < 1.29 is 42.9 Å². The average molecular weight is 428 g/mol. The minimum absolute atomic E-state index is 0.715. The lowest BCUT2D eigenvalue weighted by molar-refractivity contribution is -2.00. The summed E-state index contributed by atoms with van der Waals surface area (Å²) in [5.74, 6) is 1.44. The van der Waals surface area contributed by atoms with Gasteiger partial charge in [0.1, 0.15) is 7.05 Å². The van der Waals surface area contributed by atoms with Gasteiger partial charge in [-0.2, -0.15) is 4.57 Å². The Hall–Kier alpha value is -2.13. The Morgan fingerprint density at radius 2 is 1.50 bits per heavy atom. The first-order chi connectivity index (χ1) is 13.0. The molecule has 0 aliphatic carbocycles. The molecule has 2 aromatic carbocycles. The van der Waals surface area contributed by atoms with Crippen LogP contribution >= 0.6 is 11.6 Å². The van der Waals surface area contributed by atoms with Crippen LogP contribution in [0.25, 0.3) is 22.0 Å². The molecule has 0 saturated heterocycles. The Balaban J connectivity index is 0.000000500. The summed E-state index contributed by atoms with van der Waals surface area (Å²) in [7, 11) is 0.413. The molecule has 28 heavy (non-hydrogen) atoms. The number of pyridine rings is 1. The molecule has 0 spiro atoms. The summed E-state index contributed by atoms with van der Waals surface area (Å²) in [5.41, 5.74) is 3.32. The van der Waals surface area contributed by atoms with Crippen LogP contribution < -0.4 is 32.7 Å². The van der Waals surface area contributed by atoms with Crippen LogP contribution in [0.1, 0.15) is 5.69 Å². The highest BCUT2D eigenvalue weighted by atomic mass is 35.7. The predicted molar refractivity (Wildman–Crippen MR) is 93.4 cm³/mol. The van der Waals surface area contributed by atoms with Gasteiger partial charge < -0.3 is 9.47 Å². The number of rotatable bonds is 3. The molecule has 9 heteroatoms. The number of methoxy groups -OCH3 is 2. The molecule has 0 bridgehead atoms. The highest BCUT2D eigenvalue weighted by Gasteiger charge is 2.20. The smallest absolute Gasteiger partial charge is 0.220 e. The summed E-state index contributed by atoms with van der Waals surface area (Å²) >= 11 is 6.19. The normalized spacial score (nSPS) is 11.0. The van der Waals surface area contributed by atoms with Crippen molar-refractivity contribution in [2.75, 3.05) is 14.2 Å². The van der Waals surface area contributed by atoms with Crippen LogP contribution in [0.5, 0.6) is 11.5 Å². The third kappa shape index (κ3) is 5.45. The first-order valence-corrected chi connectivity index (χ1v) is 9.59. The number of hydrogen-bond acceptors (Lipinski definition) is 6. The first kappa shape index (κ1) is 22.2. The second-order valence-corrected chi connectivity index (χ2v) is 7.07. The van der Waals surface area contributed by atoms with E-state index in [4.69, 9.17) is 39.7 Å². The van der Waals surface area contributed by atoms with Gasteiger partial charge in [-0.15, -0.1) is 10.2 Å². The number of nitrogens with zero attached hydrogens (tertiary/aromatic N) is 1. The second kappa shape index (κ2) is 8.91. The van der Waals surface area contributed by atoms with Crippen LogP contribution in [0.15, 0.2) is 42.5 Å². The molecule has 1 heterocycles. The van der Waals surface area contributed by atoms with E-state index in [0.717, 1.165) is 38.5 Å². The lowest BCUT2D eigenvalue weighted by atomic mass is 10.0. The molecule has 0 aliphatic heterocycles. The summed E-state index contributed by atoms with van der Waals surface area (Å²) in [5, 5.41) is 2.92. The predicted octanol–water partition coefficient (Wildman–Crippen LogP) is -0.446. The summed E-state index contributed by atoms with van der Waals surface area (Å²) < 4.78 is 47.0. The van der Waals surface area contributed by atoms with Gasteiger partial charge in [-0.05, 0) is 35.7 Å². The van der Waals surface area contributed by atoms with Crippen LogP contribution in [-0.4, -0.2) is 14.2 Å². The van der Waals surface area contributed by atoms with E-state index in [-0.39, 0.29) is 0 Å². The van der Waals surface area contributed by atoms with Gasteiger partial charge in [0.05, 0.1) is 19.6 Å². The van der Waals surface area contributed by atoms with Crippen molar-refractivity contribution in [3.05, 3.63) is 53.2 Å². The molecule has 0 amide bonds. The number of fused-ring (bicyclic) bond motifs is 1. The van der Waals surface area contributed by atoms with Crippen molar-refractivity contribution in [2.45, 2.75) is 6.92 Å². The summed E-state index contributed by atoms with van der Waals surface area (Å²) in [6.07, 6.45) is 0. The number of benzene rings is 2. The molecule has 7 nitrogen and oxygen atoms in total. The van der Waals surface area contributed by atoms with E-state index >= 15 is 0 Å². The van der Waals surface area contributed by atoms with Crippen molar-refractivity contribution in [3.8, 4) is 22.8 Å². The quantitative estimate of drug-likeness (QED) is 0.523. The molecule has 0 saturated carbocycles. The monoisotopic (exact) mass is 427 g/mol. The molecule has 3 rings (SSSR count). The van der Waals surface area contributed by atoms with Crippen LogP contribution in [-0.2, 0) is 7.05 Å². The number of hydrogen-bond donors (Lipinski definition) is 0. The van der Waals surface area contributed by atoms with Crippen molar-refractivity contribution in [1.29, 1.82) is 0 Å². The lowest BCUT2D eigenvalue weighted by Gasteiger charge is -2.17. The Morgan fingerprint density at radius 3 is 2.04 bits per heavy atom. The molecule has 3 aromatic rings. The Kier molecular flexibility index (Phi) is 7.06. The Morgan fingerprint density at radius 1 is 0.929 bits per heavy atom. The third-order valence-electron chi connectivity index (χ3n) is 4.14. The topological polar surface area (TPSA) is 115 Å². The largest absolute Gasteiger partial charge is 0.493 e. The fourth-order valence-electron chi connectivity index (χ4n) is 2.88. The van der Waals surface area contributed by atoms with Crippen molar-refractivity contribution >= 4 is 22.4 Å². The zero-order valence-corrected chi connectivity index (χ0v) is 17.2. The van der Waals surface area contributed by atoms with Crippen molar-refractivity contribution in [2.24, 2.45) is 7.05 Å². The fraction of sp³-hybridized carbons (Fsp3) is 0.211. The molecule has 0 atom stereocenters. The van der Waals surface area contributed by atoms with E-state index in [0.29, 0.717) is 5.75 Å². The minimum Gasteiger partial charge on any atom is -0.493 e. The average Bonchev–Trinajstić information content (AvgIpc) is 2.60. The maximum absolute atomic E-state index is 8.49. The zero-order valence-electron chi connectivity index (χ0n) is 15.7. The fourth-order valence-corrected chi connectivity index (χ4v) is 3.07. The maximum Gasteiger partial charge on any atom is 0.220 e. The molecule has 0 aliphatic rings. The second-order valence-electron chi connectivity index (χ2n) is 5.88. The summed E-state index contributed by atoms with van der Waals surface area (Å²) in [6, 6.07) is 14.1. The van der Waals surface area contributed by atoms with Crippen LogP contribution in [0.3, 0.4) is 0 Å². The molecule has 0 N–H and O–H groups in total. The molecule has 0 fully saturated rings. The maximum atomic E-state index is 8.49. The lowest BCUT2D eigenvalue weighted by Crippen LogP contribution is -2.68. The van der Waals surface area contributed by atoms with Gasteiger partial charge in [0.2, 0.25) is 5.69 Å². The van der Waals surface area contributed by atoms with Crippen LogP contribution in [0, 0.1) is 17.2 Å². The van der Waals surface area contributed by atoms with Gasteiger partial charge in [-0.1, -0.05) is 17.7 Å². The van der Waals surface area contributed by atoms with Crippen LogP contribution in [0.2, 0.25) is 5.02 Å².